The van der Waals surface area contributed by atoms with E-state index in [4.69, 9.17) is 5.73 Å². The van der Waals surface area contributed by atoms with Crippen LogP contribution in [0.2, 0.25) is 0 Å². The molecule has 1 saturated carbocycles. The number of hydrogen-bond donors (Lipinski definition) is 3. The number of aryl methyl sites for hydroxylation is 1. The van der Waals surface area contributed by atoms with Gasteiger partial charge in [0.2, 0.25) is 0 Å². The van der Waals surface area contributed by atoms with E-state index in [1.165, 1.54) is 34.9 Å². The number of guanidine groups is 1. The van der Waals surface area contributed by atoms with Crippen molar-refractivity contribution >= 4 is 16.9 Å². The lowest BCUT2D eigenvalue weighted by Crippen LogP contribution is -2.33. The smallest absolute Gasteiger partial charge is 0.188 e. The molecule has 0 unspecified atom stereocenters. The molecular weight excluding hydrogens is 236 g/mol. The van der Waals surface area contributed by atoms with Gasteiger partial charge in [0.05, 0.1) is 0 Å². The van der Waals surface area contributed by atoms with E-state index in [2.05, 4.69) is 46.6 Å². The van der Waals surface area contributed by atoms with Crippen LogP contribution in [-0.4, -0.2) is 23.5 Å². The Morgan fingerprint density at radius 1 is 1.47 bits per heavy atom. The lowest BCUT2D eigenvalue weighted by atomic mass is 10.1. The Morgan fingerprint density at radius 2 is 2.32 bits per heavy atom. The highest BCUT2D eigenvalue weighted by molar-refractivity contribution is 5.86. The van der Waals surface area contributed by atoms with Gasteiger partial charge >= 0.3 is 0 Å². The minimum Gasteiger partial charge on any atom is -0.370 e. The third-order valence-corrected chi connectivity index (χ3v) is 3.60. The molecule has 1 heterocycles. The summed E-state index contributed by atoms with van der Waals surface area (Å²) >= 11 is 0. The molecule has 0 radical (unpaired) electrons. The Hall–Kier alpha value is -1.97. The van der Waals surface area contributed by atoms with Crippen LogP contribution in [-0.2, 0) is 6.42 Å². The number of aromatic nitrogens is 1. The average molecular weight is 256 g/mol. The number of aromatic amines is 1. The maximum absolute atomic E-state index is 5.82. The summed E-state index contributed by atoms with van der Waals surface area (Å²) in [4.78, 5) is 7.72. The van der Waals surface area contributed by atoms with Gasteiger partial charge in [0.1, 0.15) is 0 Å². The summed E-state index contributed by atoms with van der Waals surface area (Å²) in [6, 6.07) is 6.95. The molecule has 4 N–H and O–H groups in total. The molecule has 0 spiro atoms. The van der Waals surface area contributed by atoms with E-state index in [-0.39, 0.29) is 0 Å². The summed E-state index contributed by atoms with van der Waals surface area (Å²) < 4.78 is 0. The largest absolute Gasteiger partial charge is 0.370 e. The maximum atomic E-state index is 5.82. The predicted molar refractivity (Wildman–Crippen MR) is 79.4 cm³/mol. The second kappa shape index (κ2) is 4.96. The zero-order valence-corrected chi connectivity index (χ0v) is 11.2. The number of nitrogens with zero attached hydrogens (tertiary/aromatic N) is 1. The normalized spacial score (nSPS) is 15.9. The van der Waals surface area contributed by atoms with E-state index in [9.17, 15) is 0 Å². The molecule has 0 atom stereocenters. The third-order valence-electron chi connectivity index (χ3n) is 3.60. The molecule has 19 heavy (non-hydrogen) atoms. The Balaban J connectivity index is 1.66. The summed E-state index contributed by atoms with van der Waals surface area (Å²) in [6.07, 6.45) is 5.43. The van der Waals surface area contributed by atoms with Crippen molar-refractivity contribution < 1.29 is 0 Å². The van der Waals surface area contributed by atoms with Crippen LogP contribution in [0.1, 0.15) is 24.0 Å². The zero-order chi connectivity index (χ0) is 13.2. The number of rotatable bonds is 4. The number of aliphatic imine (C=N–C) groups is 1. The highest BCUT2D eigenvalue weighted by Crippen LogP contribution is 2.21. The van der Waals surface area contributed by atoms with Crippen molar-refractivity contribution in [3.05, 3.63) is 35.5 Å². The fourth-order valence-electron chi connectivity index (χ4n) is 2.35. The van der Waals surface area contributed by atoms with Crippen LogP contribution in [0.4, 0.5) is 0 Å². The molecule has 0 bridgehead atoms. The average Bonchev–Trinajstić information content (AvgIpc) is 3.09. The van der Waals surface area contributed by atoms with Gasteiger partial charge in [-0.2, -0.15) is 0 Å². The molecule has 1 fully saturated rings. The van der Waals surface area contributed by atoms with E-state index in [0.717, 1.165) is 13.0 Å². The van der Waals surface area contributed by atoms with Crippen molar-refractivity contribution in [1.82, 2.24) is 10.3 Å². The maximum Gasteiger partial charge on any atom is 0.188 e. The minimum absolute atomic E-state index is 0.569. The fraction of sp³-hybridized carbons (Fsp3) is 0.400. The Bertz CT molecular complexity index is 608. The van der Waals surface area contributed by atoms with Crippen LogP contribution in [0.25, 0.3) is 10.9 Å². The second-order valence-electron chi connectivity index (χ2n) is 5.25. The Labute approximate surface area is 113 Å². The highest BCUT2D eigenvalue weighted by Gasteiger charge is 2.21. The van der Waals surface area contributed by atoms with Crippen molar-refractivity contribution in [3.8, 4) is 0 Å². The van der Waals surface area contributed by atoms with Crippen molar-refractivity contribution in [3.63, 3.8) is 0 Å². The first-order chi connectivity index (χ1) is 9.24. The summed E-state index contributed by atoms with van der Waals surface area (Å²) in [6.45, 7) is 2.85. The van der Waals surface area contributed by atoms with E-state index >= 15 is 0 Å². The number of benzene rings is 1. The van der Waals surface area contributed by atoms with Crippen LogP contribution in [0.3, 0.4) is 0 Å². The van der Waals surface area contributed by atoms with E-state index in [0.29, 0.717) is 12.0 Å². The van der Waals surface area contributed by atoms with Crippen molar-refractivity contribution in [2.45, 2.75) is 32.2 Å². The number of para-hydroxylation sites is 1. The number of fused-ring (bicyclic) bond motifs is 1. The number of nitrogens with two attached hydrogens (primary N) is 1. The first-order valence-corrected chi connectivity index (χ1v) is 6.86. The molecule has 0 amide bonds. The van der Waals surface area contributed by atoms with Gasteiger partial charge in [-0.1, -0.05) is 18.2 Å². The molecule has 2 aromatic rings. The summed E-state index contributed by atoms with van der Waals surface area (Å²) in [5.41, 5.74) is 9.64. The van der Waals surface area contributed by atoms with Crippen LogP contribution in [0.15, 0.2) is 29.4 Å². The van der Waals surface area contributed by atoms with Gasteiger partial charge in [0.25, 0.3) is 0 Å². The number of hydrogen-bond acceptors (Lipinski definition) is 1. The zero-order valence-electron chi connectivity index (χ0n) is 11.2. The van der Waals surface area contributed by atoms with E-state index in [1.807, 2.05) is 0 Å². The number of H-pyrrole nitrogens is 1. The quantitative estimate of drug-likeness (QED) is 0.579. The minimum atomic E-state index is 0.569. The van der Waals surface area contributed by atoms with E-state index < -0.39 is 0 Å². The molecule has 4 heteroatoms. The summed E-state index contributed by atoms with van der Waals surface area (Å²) in [5, 5.41) is 4.50. The summed E-state index contributed by atoms with van der Waals surface area (Å²) in [7, 11) is 0. The van der Waals surface area contributed by atoms with Gasteiger partial charge in [-0.05, 0) is 37.3 Å². The lowest BCUT2D eigenvalue weighted by molar-refractivity contribution is 0.871. The van der Waals surface area contributed by atoms with Gasteiger partial charge < -0.3 is 16.0 Å². The highest BCUT2D eigenvalue weighted by atomic mass is 15.1. The second-order valence-corrected chi connectivity index (χ2v) is 5.25. The van der Waals surface area contributed by atoms with Crippen molar-refractivity contribution in [1.29, 1.82) is 0 Å². The standard InChI is InChI=1S/C15H20N4/c1-10-3-2-4-13-11(9-18-14(10)13)7-8-17-15(16)19-12-5-6-12/h2-4,9,12,18H,5-8H2,1H3,(H3,16,17,19). The Kier molecular flexibility index (Phi) is 3.15. The van der Waals surface area contributed by atoms with Crippen molar-refractivity contribution in [2.24, 2.45) is 10.7 Å². The lowest BCUT2D eigenvalue weighted by Gasteiger charge is -2.03. The van der Waals surface area contributed by atoms with E-state index in [1.54, 1.807) is 0 Å². The van der Waals surface area contributed by atoms with Crippen molar-refractivity contribution in [2.75, 3.05) is 6.54 Å². The van der Waals surface area contributed by atoms with Gasteiger partial charge in [-0.3, -0.25) is 4.99 Å². The first kappa shape index (κ1) is 12.1. The monoisotopic (exact) mass is 256 g/mol. The molecule has 1 aromatic carbocycles. The van der Waals surface area contributed by atoms with Crippen LogP contribution >= 0.6 is 0 Å². The van der Waals surface area contributed by atoms with Crippen LogP contribution in [0.5, 0.6) is 0 Å². The molecule has 1 aliphatic rings. The number of nitrogens with one attached hydrogen (secondary N) is 2. The molecule has 0 aliphatic heterocycles. The molecule has 3 rings (SSSR count). The molecular formula is C15H20N4. The Morgan fingerprint density at radius 3 is 3.11 bits per heavy atom. The van der Waals surface area contributed by atoms with Gasteiger partial charge in [-0.25, -0.2) is 0 Å². The first-order valence-electron chi connectivity index (χ1n) is 6.86. The molecule has 1 aromatic heterocycles. The van der Waals surface area contributed by atoms with Gasteiger partial charge in [0, 0.05) is 29.7 Å². The molecule has 0 saturated heterocycles. The molecule has 4 nitrogen and oxygen atoms in total. The van der Waals surface area contributed by atoms with Crippen LogP contribution in [0, 0.1) is 6.92 Å². The third kappa shape index (κ3) is 2.72. The molecule has 100 valence electrons. The van der Waals surface area contributed by atoms with Gasteiger partial charge in [-0.15, -0.1) is 0 Å². The van der Waals surface area contributed by atoms with Gasteiger partial charge in [0.15, 0.2) is 5.96 Å². The topological polar surface area (TPSA) is 66.2 Å². The fourth-order valence-corrected chi connectivity index (χ4v) is 2.35. The molecule has 1 aliphatic carbocycles. The predicted octanol–water partition coefficient (Wildman–Crippen LogP) is 2.09. The van der Waals surface area contributed by atoms with Crippen LogP contribution < -0.4 is 11.1 Å². The summed E-state index contributed by atoms with van der Waals surface area (Å²) in [5.74, 6) is 0.582. The SMILES string of the molecule is Cc1cccc2c(CCN=C(N)NC3CC3)c[nH]c12.